The van der Waals surface area contributed by atoms with Gasteiger partial charge in [0.15, 0.2) is 5.76 Å². The Balaban J connectivity index is 1.30. The maximum absolute atomic E-state index is 12.6. The molecular weight excluding hydrogens is 492 g/mol. The molecule has 8 heteroatoms. The van der Waals surface area contributed by atoms with Crippen molar-refractivity contribution in [2.75, 3.05) is 5.32 Å². The summed E-state index contributed by atoms with van der Waals surface area (Å²) in [5, 5.41) is 16.9. The molecule has 0 spiro atoms. The number of aromatic nitrogens is 1. The van der Waals surface area contributed by atoms with Crippen molar-refractivity contribution in [1.29, 1.82) is 0 Å². The Kier molecular flexibility index (Phi) is 6.48. The van der Waals surface area contributed by atoms with Gasteiger partial charge in [0.1, 0.15) is 17.5 Å². The van der Waals surface area contributed by atoms with E-state index < -0.39 is 23.6 Å². The largest absolute Gasteiger partial charge is 0.481 e. The lowest BCUT2D eigenvalue weighted by atomic mass is 9.93. The number of aliphatic carboxylic acids is 1. The predicted octanol–water partition coefficient (Wildman–Crippen LogP) is 7.40. The Hall–Kier alpha value is -4.10. The molecule has 1 aliphatic rings. The number of hydrogen-bond acceptors (Lipinski definition) is 5. The number of amides is 1. The highest BCUT2D eigenvalue weighted by Crippen LogP contribution is 2.48. The van der Waals surface area contributed by atoms with Crippen molar-refractivity contribution >= 4 is 29.4 Å². The van der Waals surface area contributed by atoms with Gasteiger partial charge in [0, 0.05) is 10.6 Å². The lowest BCUT2D eigenvalue weighted by molar-refractivity contribution is -0.140. The third-order valence-corrected chi connectivity index (χ3v) is 7.00. The number of ether oxygens (including phenoxy) is 1. The molecule has 1 unspecified atom stereocenters. The van der Waals surface area contributed by atoms with E-state index in [9.17, 15) is 14.7 Å². The molecule has 1 heterocycles. The van der Waals surface area contributed by atoms with E-state index in [4.69, 9.17) is 20.9 Å². The van der Waals surface area contributed by atoms with Crippen LogP contribution in [-0.4, -0.2) is 22.3 Å². The molecule has 4 aromatic rings. The number of halogens is 1. The van der Waals surface area contributed by atoms with Crippen LogP contribution in [-0.2, 0) is 14.9 Å². The Morgan fingerprint density at radius 1 is 1.03 bits per heavy atom. The average molecular weight is 517 g/mol. The van der Waals surface area contributed by atoms with Crippen molar-refractivity contribution in [3.05, 3.63) is 94.6 Å². The number of carbonyl (C=O) groups is 2. The van der Waals surface area contributed by atoms with Gasteiger partial charge in [-0.25, -0.2) is 4.79 Å². The lowest BCUT2D eigenvalue weighted by Crippen LogP contribution is -2.19. The summed E-state index contributed by atoms with van der Waals surface area (Å²) in [6, 6.07) is 22.5. The van der Waals surface area contributed by atoms with E-state index in [1.165, 1.54) is 0 Å². The lowest BCUT2D eigenvalue weighted by Gasteiger charge is -2.14. The fraction of sp³-hybridized carbons (Fsp3) is 0.207. The van der Waals surface area contributed by atoms with Crippen molar-refractivity contribution in [1.82, 2.24) is 5.16 Å². The second-order valence-corrected chi connectivity index (χ2v) is 9.68. The topological polar surface area (TPSA) is 102 Å². The first kappa shape index (κ1) is 24.6. The van der Waals surface area contributed by atoms with Crippen LogP contribution in [0.5, 0.6) is 0 Å². The zero-order valence-corrected chi connectivity index (χ0v) is 21.1. The fourth-order valence-corrected chi connectivity index (χ4v) is 4.58. The minimum absolute atomic E-state index is 0.420. The van der Waals surface area contributed by atoms with Crippen LogP contribution in [0.3, 0.4) is 0 Å². The molecule has 2 N–H and O–H groups in total. The molecule has 0 saturated heterocycles. The molecular formula is C29H25ClN2O5. The molecule has 1 atom stereocenters. The monoisotopic (exact) mass is 516 g/mol. The number of nitrogens with zero attached hydrogens (tertiary/aromatic N) is 1. The number of carboxylic acid groups (broad SMARTS) is 1. The fourth-order valence-electron chi connectivity index (χ4n) is 4.38. The highest BCUT2D eigenvalue weighted by molar-refractivity contribution is 6.30. The molecule has 1 amide bonds. The number of carbonyl (C=O) groups excluding carboxylic acids is 1. The zero-order valence-electron chi connectivity index (χ0n) is 20.3. The van der Waals surface area contributed by atoms with Crippen LogP contribution < -0.4 is 5.32 Å². The van der Waals surface area contributed by atoms with Crippen LogP contribution >= 0.6 is 11.6 Å². The van der Waals surface area contributed by atoms with Crippen LogP contribution in [0.25, 0.3) is 22.5 Å². The van der Waals surface area contributed by atoms with Crippen molar-refractivity contribution in [2.45, 2.75) is 38.2 Å². The Morgan fingerprint density at radius 3 is 2.24 bits per heavy atom. The molecule has 7 nitrogen and oxygen atoms in total. The number of rotatable bonds is 7. The number of aryl methyl sites for hydroxylation is 1. The predicted molar refractivity (Wildman–Crippen MR) is 141 cm³/mol. The van der Waals surface area contributed by atoms with Gasteiger partial charge < -0.3 is 14.4 Å². The first-order valence-electron chi connectivity index (χ1n) is 11.9. The van der Waals surface area contributed by atoms with Crippen LogP contribution in [0.1, 0.15) is 42.7 Å². The third-order valence-electron chi connectivity index (χ3n) is 6.77. The number of hydrogen-bond donors (Lipinski definition) is 2. The molecule has 1 aromatic heterocycles. The standard InChI is InChI=1S/C29H25ClN2O5/c1-17-25(31-28(35)36-18(2)22-4-3-5-24(30)16-22)26(37-32-17)21-8-6-19(7-9-21)20-10-12-23(13-11-20)29(14-15-29)27(33)34/h3-13,16,18H,14-15H2,1-2H3,(H,31,35)(H,33,34). The van der Waals surface area contributed by atoms with Crippen molar-refractivity contribution in [3.63, 3.8) is 0 Å². The number of carboxylic acids is 1. The zero-order chi connectivity index (χ0) is 26.2. The van der Waals surface area contributed by atoms with Crippen molar-refractivity contribution in [2.24, 2.45) is 0 Å². The molecule has 1 saturated carbocycles. The highest BCUT2D eigenvalue weighted by atomic mass is 35.5. The van der Waals surface area contributed by atoms with E-state index in [0.717, 1.165) is 27.8 Å². The van der Waals surface area contributed by atoms with Crippen LogP contribution in [0, 0.1) is 6.92 Å². The van der Waals surface area contributed by atoms with E-state index in [0.29, 0.717) is 35.0 Å². The van der Waals surface area contributed by atoms with Gasteiger partial charge in [0.25, 0.3) is 0 Å². The van der Waals surface area contributed by atoms with Gasteiger partial charge in [-0.15, -0.1) is 0 Å². The molecule has 0 bridgehead atoms. The second-order valence-electron chi connectivity index (χ2n) is 9.24. The SMILES string of the molecule is Cc1noc(-c2ccc(-c3ccc(C4(C(=O)O)CC4)cc3)cc2)c1NC(=O)OC(C)c1cccc(Cl)c1. The van der Waals surface area contributed by atoms with E-state index in [1.54, 1.807) is 32.0 Å². The summed E-state index contributed by atoms with van der Waals surface area (Å²) >= 11 is 6.04. The van der Waals surface area contributed by atoms with E-state index in [1.807, 2.05) is 54.6 Å². The molecule has 37 heavy (non-hydrogen) atoms. The van der Waals surface area contributed by atoms with Gasteiger partial charge in [-0.3, -0.25) is 10.1 Å². The summed E-state index contributed by atoms with van der Waals surface area (Å²) in [5.41, 5.74) is 4.54. The van der Waals surface area contributed by atoms with Gasteiger partial charge in [0.05, 0.1) is 5.41 Å². The Labute approximate surface area is 219 Å². The van der Waals surface area contributed by atoms with E-state index in [2.05, 4.69) is 10.5 Å². The highest BCUT2D eigenvalue weighted by Gasteiger charge is 2.51. The van der Waals surface area contributed by atoms with Crippen LogP contribution in [0.15, 0.2) is 77.3 Å². The molecule has 188 valence electrons. The second kappa shape index (κ2) is 9.75. The van der Waals surface area contributed by atoms with E-state index in [-0.39, 0.29) is 0 Å². The Bertz CT molecular complexity index is 1460. The maximum atomic E-state index is 12.6. The maximum Gasteiger partial charge on any atom is 0.412 e. The Morgan fingerprint density at radius 2 is 1.65 bits per heavy atom. The van der Waals surface area contributed by atoms with Gasteiger partial charge in [-0.1, -0.05) is 77.4 Å². The normalized spacial score (nSPS) is 14.6. The quantitative estimate of drug-likeness (QED) is 0.265. The summed E-state index contributed by atoms with van der Waals surface area (Å²) in [4.78, 5) is 24.2. The van der Waals surface area contributed by atoms with Gasteiger partial charge >= 0.3 is 12.1 Å². The van der Waals surface area contributed by atoms with Crippen molar-refractivity contribution in [3.8, 4) is 22.5 Å². The summed E-state index contributed by atoms with van der Waals surface area (Å²) < 4.78 is 11.0. The molecule has 3 aromatic carbocycles. The summed E-state index contributed by atoms with van der Waals surface area (Å²) in [6.07, 6.45) is 0.220. The molecule has 1 fully saturated rings. The van der Waals surface area contributed by atoms with Gasteiger partial charge in [0.2, 0.25) is 0 Å². The van der Waals surface area contributed by atoms with Crippen LogP contribution in [0.2, 0.25) is 5.02 Å². The first-order valence-corrected chi connectivity index (χ1v) is 12.3. The number of benzene rings is 3. The molecule has 0 radical (unpaired) electrons. The summed E-state index contributed by atoms with van der Waals surface area (Å²) in [6.45, 7) is 3.51. The minimum Gasteiger partial charge on any atom is -0.481 e. The molecule has 5 rings (SSSR count). The van der Waals surface area contributed by atoms with E-state index >= 15 is 0 Å². The average Bonchev–Trinajstić information content (AvgIpc) is 3.64. The summed E-state index contributed by atoms with van der Waals surface area (Å²) in [5.74, 6) is -0.344. The smallest absolute Gasteiger partial charge is 0.412 e. The number of nitrogens with one attached hydrogen (secondary N) is 1. The minimum atomic E-state index is -0.765. The number of anilines is 1. The third kappa shape index (κ3) is 4.95. The summed E-state index contributed by atoms with van der Waals surface area (Å²) in [7, 11) is 0. The van der Waals surface area contributed by atoms with Crippen LogP contribution in [0.4, 0.5) is 10.5 Å². The van der Waals surface area contributed by atoms with Gasteiger partial charge in [-0.2, -0.15) is 0 Å². The first-order chi connectivity index (χ1) is 17.8. The van der Waals surface area contributed by atoms with Gasteiger partial charge in [-0.05, 0) is 61.1 Å². The molecule has 0 aliphatic heterocycles. The molecule has 1 aliphatic carbocycles. The van der Waals surface area contributed by atoms with Crippen molar-refractivity contribution < 1.29 is 24.0 Å².